The van der Waals surface area contributed by atoms with E-state index >= 15 is 0 Å². The molecular formula is C12H14Cl2O2. The molecule has 0 amide bonds. The van der Waals surface area contributed by atoms with Crippen LogP contribution in [0.5, 0.6) is 0 Å². The van der Waals surface area contributed by atoms with Gasteiger partial charge in [0.2, 0.25) is 0 Å². The van der Waals surface area contributed by atoms with E-state index in [0.717, 1.165) is 18.4 Å². The number of aryl methyl sites for hydroxylation is 1. The van der Waals surface area contributed by atoms with E-state index in [9.17, 15) is 4.79 Å². The van der Waals surface area contributed by atoms with Gasteiger partial charge in [-0.3, -0.25) is 0 Å². The Bertz CT molecular complexity index is 364. The lowest BCUT2D eigenvalue weighted by atomic mass is 10.0. The largest absolute Gasteiger partial charge is 0.462 e. The molecule has 0 bridgehead atoms. The van der Waals surface area contributed by atoms with Crippen molar-refractivity contribution in [2.45, 2.75) is 19.8 Å². The number of alkyl halides is 1. The molecule has 0 saturated carbocycles. The minimum atomic E-state index is -0.302. The zero-order valence-corrected chi connectivity index (χ0v) is 10.6. The van der Waals surface area contributed by atoms with Crippen LogP contribution in [0.1, 0.15) is 29.3 Å². The predicted octanol–water partition coefficient (Wildman–Crippen LogP) is 3.69. The van der Waals surface area contributed by atoms with Gasteiger partial charge in [0.1, 0.15) is 0 Å². The van der Waals surface area contributed by atoms with Crippen molar-refractivity contribution in [1.82, 2.24) is 0 Å². The molecule has 0 heterocycles. The summed E-state index contributed by atoms with van der Waals surface area (Å²) in [4.78, 5) is 11.6. The highest BCUT2D eigenvalue weighted by Gasteiger charge is 2.12. The molecule has 1 aromatic carbocycles. The third kappa shape index (κ3) is 3.69. The van der Waals surface area contributed by atoms with Gasteiger partial charge >= 0.3 is 5.97 Å². The first kappa shape index (κ1) is 13.3. The van der Waals surface area contributed by atoms with Crippen LogP contribution in [0, 0.1) is 0 Å². The summed E-state index contributed by atoms with van der Waals surface area (Å²) in [5.74, 6) is 0.262. The summed E-state index contributed by atoms with van der Waals surface area (Å²) >= 11 is 11.5. The van der Waals surface area contributed by atoms with Gasteiger partial charge in [-0.25, -0.2) is 4.79 Å². The summed E-state index contributed by atoms with van der Waals surface area (Å²) in [6, 6.07) is 5.18. The molecule has 88 valence electrons. The molecular weight excluding hydrogens is 247 g/mol. The highest BCUT2D eigenvalue weighted by Crippen LogP contribution is 2.18. The molecule has 4 heteroatoms. The fraction of sp³-hybridized carbons (Fsp3) is 0.417. The zero-order valence-electron chi connectivity index (χ0n) is 9.13. The number of ether oxygens (including phenoxy) is 1. The molecule has 0 aromatic heterocycles. The van der Waals surface area contributed by atoms with Gasteiger partial charge in [-0.05, 0) is 43.5 Å². The lowest BCUT2D eigenvalue weighted by Gasteiger charge is -2.08. The number of carbonyl (C=O) groups excluding carboxylic acids is 1. The predicted molar refractivity (Wildman–Crippen MR) is 66.4 cm³/mol. The van der Waals surface area contributed by atoms with Gasteiger partial charge in [0.15, 0.2) is 0 Å². The van der Waals surface area contributed by atoms with E-state index in [0.29, 0.717) is 23.1 Å². The Morgan fingerprint density at radius 3 is 2.81 bits per heavy atom. The first-order valence-electron chi connectivity index (χ1n) is 5.20. The summed E-state index contributed by atoms with van der Waals surface area (Å²) in [5, 5.41) is 0.623. The van der Waals surface area contributed by atoms with Gasteiger partial charge in [-0.1, -0.05) is 11.6 Å². The molecule has 1 rings (SSSR count). The number of esters is 1. The van der Waals surface area contributed by atoms with E-state index < -0.39 is 0 Å². The zero-order chi connectivity index (χ0) is 12.0. The van der Waals surface area contributed by atoms with Gasteiger partial charge in [0.05, 0.1) is 12.2 Å². The van der Waals surface area contributed by atoms with E-state index in [-0.39, 0.29) is 5.97 Å². The minimum absolute atomic E-state index is 0.302. The molecule has 16 heavy (non-hydrogen) atoms. The van der Waals surface area contributed by atoms with Crippen molar-refractivity contribution < 1.29 is 9.53 Å². The fourth-order valence-corrected chi connectivity index (χ4v) is 1.76. The summed E-state index contributed by atoms with van der Waals surface area (Å²) in [7, 11) is 0. The molecule has 2 nitrogen and oxygen atoms in total. The highest BCUT2D eigenvalue weighted by atomic mass is 35.5. The van der Waals surface area contributed by atoms with Crippen LogP contribution in [0.15, 0.2) is 18.2 Å². The second-order valence-corrected chi connectivity index (χ2v) is 4.13. The van der Waals surface area contributed by atoms with Crippen molar-refractivity contribution in [1.29, 1.82) is 0 Å². The standard InChI is InChI=1S/C12H14Cl2O2/c1-2-16-12(15)11-6-5-10(14)8-9(11)4-3-7-13/h5-6,8H,2-4,7H2,1H3. The van der Waals surface area contributed by atoms with E-state index in [1.54, 1.807) is 25.1 Å². The lowest BCUT2D eigenvalue weighted by molar-refractivity contribution is 0.0525. The first-order chi connectivity index (χ1) is 7.69. The molecule has 0 radical (unpaired) electrons. The van der Waals surface area contributed by atoms with Crippen LogP contribution in [0.4, 0.5) is 0 Å². The van der Waals surface area contributed by atoms with Gasteiger partial charge in [-0.15, -0.1) is 11.6 Å². The Kier molecular flexibility index (Phi) is 5.64. The molecule has 0 spiro atoms. The normalized spacial score (nSPS) is 10.2. The van der Waals surface area contributed by atoms with Crippen LogP contribution in [0.3, 0.4) is 0 Å². The molecule has 1 aromatic rings. The van der Waals surface area contributed by atoms with Gasteiger partial charge in [-0.2, -0.15) is 0 Å². The Labute approximate surface area is 106 Å². The Hall–Kier alpha value is -0.730. The monoisotopic (exact) mass is 260 g/mol. The quantitative estimate of drug-likeness (QED) is 0.596. The maximum atomic E-state index is 11.6. The van der Waals surface area contributed by atoms with Crippen LogP contribution < -0.4 is 0 Å². The summed E-state index contributed by atoms with van der Waals surface area (Å²) in [6.45, 7) is 2.16. The maximum absolute atomic E-state index is 11.6. The lowest BCUT2D eigenvalue weighted by Crippen LogP contribution is -2.08. The summed E-state index contributed by atoms with van der Waals surface area (Å²) in [5.41, 5.74) is 1.47. The second kappa shape index (κ2) is 6.77. The average molecular weight is 261 g/mol. The highest BCUT2D eigenvalue weighted by molar-refractivity contribution is 6.30. The molecule has 0 fully saturated rings. The third-order valence-corrected chi connectivity index (χ3v) is 2.64. The van der Waals surface area contributed by atoms with Gasteiger partial charge in [0.25, 0.3) is 0 Å². The maximum Gasteiger partial charge on any atom is 0.338 e. The SMILES string of the molecule is CCOC(=O)c1ccc(Cl)cc1CCCCl. The third-order valence-electron chi connectivity index (χ3n) is 2.14. The van der Waals surface area contributed by atoms with Crippen molar-refractivity contribution in [2.75, 3.05) is 12.5 Å². The molecule has 0 N–H and O–H groups in total. The van der Waals surface area contributed by atoms with E-state index in [1.807, 2.05) is 0 Å². The molecule has 0 unspecified atom stereocenters. The molecule has 0 aliphatic rings. The van der Waals surface area contributed by atoms with Crippen LogP contribution in [0.2, 0.25) is 5.02 Å². The smallest absolute Gasteiger partial charge is 0.338 e. The first-order valence-corrected chi connectivity index (χ1v) is 6.11. The van der Waals surface area contributed by atoms with Crippen LogP contribution in [-0.4, -0.2) is 18.5 Å². The van der Waals surface area contributed by atoms with Crippen LogP contribution in [0.25, 0.3) is 0 Å². The summed E-state index contributed by atoms with van der Waals surface area (Å²) < 4.78 is 4.97. The Morgan fingerprint density at radius 2 is 2.19 bits per heavy atom. The molecule has 0 aliphatic heterocycles. The van der Waals surface area contributed by atoms with Crippen molar-refractivity contribution in [3.8, 4) is 0 Å². The topological polar surface area (TPSA) is 26.3 Å². The number of carbonyl (C=O) groups is 1. The number of halogens is 2. The number of rotatable bonds is 5. The van der Waals surface area contributed by atoms with Crippen molar-refractivity contribution in [3.63, 3.8) is 0 Å². The van der Waals surface area contributed by atoms with Gasteiger partial charge in [0, 0.05) is 10.9 Å². The van der Waals surface area contributed by atoms with Crippen molar-refractivity contribution in [3.05, 3.63) is 34.3 Å². The second-order valence-electron chi connectivity index (χ2n) is 3.31. The Morgan fingerprint density at radius 1 is 1.44 bits per heavy atom. The van der Waals surface area contributed by atoms with E-state index in [1.165, 1.54) is 0 Å². The van der Waals surface area contributed by atoms with Crippen LogP contribution in [-0.2, 0) is 11.2 Å². The van der Waals surface area contributed by atoms with Crippen LogP contribution >= 0.6 is 23.2 Å². The summed E-state index contributed by atoms with van der Waals surface area (Å²) in [6.07, 6.45) is 1.55. The molecule has 0 atom stereocenters. The fourth-order valence-electron chi connectivity index (χ4n) is 1.43. The minimum Gasteiger partial charge on any atom is -0.462 e. The number of benzene rings is 1. The van der Waals surface area contributed by atoms with Crippen molar-refractivity contribution >= 4 is 29.2 Å². The Balaban J connectivity index is 2.92. The molecule has 0 aliphatic carbocycles. The van der Waals surface area contributed by atoms with Gasteiger partial charge < -0.3 is 4.74 Å². The molecule has 0 saturated heterocycles. The number of hydrogen-bond acceptors (Lipinski definition) is 2. The average Bonchev–Trinajstić information content (AvgIpc) is 2.26. The van der Waals surface area contributed by atoms with E-state index in [2.05, 4.69) is 0 Å². The number of hydrogen-bond donors (Lipinski definition) is 0. The van der Waals surface area contributed by atoms with Crippen molar-refractivity contribution in [2.24, 2.45) is 0 Å². The van der Waals surface area contributed by atoms with E-state index in [4.69, 9.17) is 27.9 Å².